The monoisotopic (exact) mass is 439 g/mol. The highest BCUT2D eigenvalue weighted by Crippen LogP contribution is 2.44. The Morgan fingerprint density at radius 3 is 2.50 bits per heavy atom. The lowest BCUT2D eigenvalue weighted by molar-refractivity contribution is -0.201. The number of hydrogen-bond acceptors (Lipinski definition) is 6. The third-order valence-corrected chi connectivity index (χ3v) is 11.4. The number of carbonyl (C=O) groups is 3. The Kier molecular flexibility index (Phi) is 7.69. The number of aliphatic hydroxyl groups is 1. The minimum atomic E-state index is -2.15. The highest BCUT2D eigenvalue weighted by atomic mass is 28.4. The molecule has 1 unspecified atom stereocenters. The van der Waals surface area contributed by atoms with Crippen molar-refractivity contribution in [3.05, 3.63) is 12.7 Å². The number of ether oxygens (including phenoxy) is 1. The van der Waals surface area contributed by atoms with Crippen molar-refractivity contribution < 1.29 is 28.7 Å². The lowest BCUT2D eigenvalue weighted by Crippen LogP contribution is -2.72. The van der Waals surface area contributed by atoms with Crippen LogP contribution in [0.15, 0.2) is 12.7 Å². The Labute approximate surface area is 180 Å². The van der Waals surface area contributed by atoms with Crippen LogP contribution in [0.4, 0.5) is 0 Å². The van der Waals surface area contributed by atoms with E-state index in [4.69, 9.17) is 9.16 Å². The third-order valence-electron chi connectivity index (χ3n) is 6.85. The maximum atomic E-state index is 13.1. The molecule has 1 aliphatic heterocycles. The van der Waals surface area contributed by atoms with Gasteiger partial charge in [-0.1, -0.05) is 39.8 Å². The molecule has 1 aliphatic carbocycles. The number of hydrogen-bond donors (Lipinski definition) is 1. The van der Waals surface area contributed by atoms with Crippen LogP contribution in [0.25, 0.3) is 0 Å². The topological polar surface area (TPSA) is 93.1 Å². The fourth-order valence-corrected chi connectivity index (χ4v) is 5.61. The average molecular weight is 440 g/mol. The number of carbonyl (C=O) groups excluding carboxylic acids is 3. The molecule has 0 aromatic carbocycles. The van der Waals surface area contributed by atoms with Crippen molar-refractivity contribution in [3.63, 3.8) is 0 Å². The third kappa shape index (κ3) is 4.86. The molecule has 7 nitrogen and oxygen atoms in total. The van der Waals surface area contributed by atoms with Gasteiger partial charge in [-0.15, -0.1) is 0 Å². The van der Waals surface area contributed by atoms with E-state index in [-0.39, 0.29) is 23.3 Å². The van der Waals surface area contributed by atoms with Crippen molar-refractivity contribution in [3.8, 4) is 0 Å². The standard InChI is InChI=1S/C22H37NO6Si/c1-8-13-28-21(27)20(26)23-18(15-11-9-10-12-16(15)24)17(19(23)25)14(2)29-30(6,7)22(3,4)5/h8,14-15,17-18,20,26H,1,9-13H2,2-7H3/t14-,15+,17-,18-,20?/m1/s1. The largest absolute Gasteiger partial charge is 0.458 e. The molecule has 1 N–H and O–H groups in total. The summed E-state index contributed by atoms with van der Waals surface area (Å²) >= 11 is 0. The van der Waals surface area contributed by atoms with E-state index in [0.717, 1.165) is 17.7 Å². The second-order valence-electron chi connectivity index (χ2n) is 9.96. The number of aliphatic hydroxyl groups excluding tert-OH is 1. The number of ketones is 1. The lowest BCUT2D eigenvalue weighted by atomic mass is 9.70. The first kappa shape index (κ1) is 24.8. The second-order valence-corrected chi connectivity index (χ2v) is 14.7. The molecule has 1 saturated heterocycles. The van der Waals surface area contributed by atoms with Crippen molar-refractivity contribution in [2.75, 3.05) is 6.61 Å². The summed E-state index contributed by atoms with van der Waals surface area (Å²) in [4.78, 5) is 39.1. The van der Waals surface area contributed by atoms with Gasteiger partial charge in [0.25, 0.3) is 0 Å². The Bertz CT molecular complexity index is 686. The molecule has 8 heteroatoms. The average Bonchev–Trinajstić information content (AvgIpc) is 2.63. The fourth-order valence-electron chi connectivity index (χ4n) is 4.18. The van der Waals surface area contributed by atoms with Crippen molar-refractivity contribution in [1.82, 2.24) is 4.90 Å². The Balaban J connectivity index is 2.28. The summed E-state index contributed by atoms with van der Waals surface area (Å²) in [5.41, 5.74) is 0. The van der Waals surface area contributed by atoms with Gasteiger partial charge >= 0.3 is 5.97 Å². The molecule has 0 aromatic heterocycles. The van der Waals surface area contributed by atoms with Crippen LogP contribution in [0.2, 0.25) is 18.1 Å². The molecule has 0 spiro atoms. The molecular weight excluding hydrogens is 402 g/mol. The van der Waals surface area contributed by atoms with E-state index in [1.54, 1.807) is 0 Å². The molecule has 2 aliphatic rings. The highest BCUT2D eigenvalue weighted by molar-refractivity contribution is 6.74. The SMILES string of the molecule is C=CCOC(=O)C(O)N1C(=O)[C@H]([C@@H](C)O[Si](C)(C)C(C)(C)C)[C@H]1[C@H]1CCCCC1=O. The number of amides is 1. The van der Waals surface area contributed by atoms with Crippen molar-refractivity contribution in [2.45, 2.75) is 89.9 Å². The van der Waals surface area contributed by atoms with E-state index in [1.807, 2.05) is 6.92 Å². The molecule has 0 bridgehead atoms. The zero-order valence-corrected chi connectivity index (χ0v) is 20.1. The van der Waals surface area contributed by atoms with Crippen LogP contribution < -0.4 is 0 Å². The number of β-lactam (4-membered cyclic amide) rings is 1. The predicted octanol–water partition coefficient (Wildman–Crippen LogP) is 3.03. The normalized spacial score (nSPS) is 27.3. The summed E-state index contributed by atoms with van der Waals surface area (Å²) in [5.74, 6) is -2.15. The molecule has 1 heterocycles. The minimum Gasteiger partial charge on any atom is -0.458 e. The Morgan fingerprint density at radius 1 is 1.33 bits per heavy atom. The number of likely N-dealkylation sites (tertiary alicyclic amines) is 1. The molecule has 0 radical (unpaired) electrons. The van der Waals surface area contributed by atoms with Gasteiger partial charge in [-0.25, -0.2) is 4.79 Å². The summed E-state index contributed by atoms with van der Waals surface area (Å²) in [6.45, 7) is 15.9. The van der Waals surface area contributed by atoms with Gasteiger partial charge in [-0.05, 0) is 37.9 Å². The van der Waals surface area contributed by atoms with E-state index < -0.39 is 44.5 Å². The minimum absolute atomic E-state index is 0.0299. The van der Waals surface area contributed by atoms with Gasteiger partial charge in [-0.2, -0.15) is 0 Å². The van der Waals surface area contributed by atoms with E-state index in [2.05, 4.69) is 40.4 Å². The van der Waals surface area contributed by atoms with E-state index in [1.165, 1.54) is 6.08 Å². The summed E-state index contributed by atoms with van der Waals surface area (Å²) in [6.07, 6.45) is 2.08. The van der Waals surface area contributed by atoms with Crippen LogP contribution in [-0.2, 0) is 23.5 Å². The van der Waals surface area contributed by atoms with Crippen LogP contribution >= 0.6 is 0 Å². The first-order valence-electron chi connectivity index (χ1n) is 10.8. The van der Waals surface area contributed by atoms with Crippen molar-refractivity contribution in [1.29, 1.82) is 0 Å². The van der Waals surface area contributed by atoms with Gasteiger partial charge in [0, 0.05) is 12.3 Å². The molecule has 0 aromatic rings. The quantitative estimate of drug-likeness (QED) is 0.270. The Morgan fingerprint density at radius 2 is 1.97 bits per heavy atom. The van der Waals surface area contributed by atoms with Crippen LogP contribution in [0, 0.1) is 11.8 Å². The van der Waals surface area contributed by atoms with Gasteiger partial charge in [-0.3, -0.25) is 9.59 Å². The summed E-state index contributed by atoms with van der Waals surface area (Å²) in [6, 6.07) is -0.559. The van der Waals surface area contributed by atoms with Gasteiger partial charge in [0.2, 0.25) is 12.1 Å². The first-order valence-corrected chi connectivity index (χ1v) is 13.7. The van der Waals surface area contributed by atoms with Gasteiger partial charge < -0.3 is 19.2 Å². The van der Waals surface area contributed by atoms with E-state index in [9.17, 15) is 19.5 Å². The first-order chi connectivity index (χ1) is 13.8. The predicted molar refractivity (Wildman–Crippen MR) is 116 cm³/mol. The van der Waals surface area contributed by atoms with Crippen molar-refractivity contribution >= 4 is 26.0 Å². The number of rotatable bonds is 8. The van der Waals surface area contributed by atoms with Crippen LogP contribution in [0.5, 0.6) is 0 Å². The van der Waals surface area contributed by atoms with Gasteiger partial charge in [0.05, 0.1) is 18.1 Å². The summed E-state index contributed by atoms with van der Waals surface area (Å²) in [7, 11) is -2.15. The second kappa shape index (κ2) is 9.32. The molecule has 170 valence electrons. The molecule has 1 amide bonds. The summed E-state index contributed by atoms with van der Waals surface area (Å²) < 4.78 is 11.4. The molecule has 5 atom stereocenters. The highest BCUT2D eigenvalue weighted by Gasteiger charge is 2.59. The maximum Gasteiger partial charge on any atom is 0.356 e. The molecule has 2 fully saturated rings. The van der Waals surface area contributed by atoms with E-state index >= 15 is 0 Å². The number of Topliss-reactive ketones (excluding diaryl/α,β-unsaturated/α-hetero) is 1. The number of esters is 1. The van der Waals surface area contributed by atoms with Crippen LogP contribution in [-0.4, -0.2) is 61.0 Å². The molecule has 2 rings (SSSR count). The fraction of sp³-hybridized carbons (Fsp3) is 0.773. The molecule has 1 saturated carbocycles. The van der Waals surface area contributed by atoms with Crippen LogP contribution in [0.1, 0.15) is 53.4 Å². The van der Waals surface area contributed by atoms with Gasteiger partial charge in [0.15, 0.2) is 8.32 Å². The zero-order chi connectivity index (χ0) is 22.9. The smallest absolute Gasteiger partial charge is 0.356 e. The van der Waals surface area contributed by atoms with Gasteiger partial charge in [0.1, 0.15) is 12.4 Å². The van der Waals surface area contributed by atoms with E-state index in [0.29, 0.717) is 12.8 Å². The van der Waals surface area contributed by atoms with Crippen molar-refractivity contribution in [2.24, 2.45) is 11.8 Å². The molecular formula is C22H37NO6Si. The number of nitrogens with zero attached hydrogens (tertiary/aromatic N) is 1. The maximum absolute atomic E-state index is 13.1. The Hall–Kier alpha value is -1.51. The summed E-state index contributed by atoms with van der Waals surface area (Å²) in [5, 5.41) is 10.5. The van der Waals surface area contributed by atoms with Crippen LogP contribution in [0.3, 0.4) is 0 Å². The zero-order valence-electron chi connectivity index (χ0n) is 19.1. The lowest BCUT2D eigenvalue weighted by Gasteiger charge is -2.54. The molecule has 30 heavy (non-hydrogen) atoms.